The zero-order chi connectivity index (χ0) is 15.2. The second kappa shape index (κ2) is 7.59. The van der Waals surface area contributed by atoms with Gasteiger partial charge in [0.2, 0.25) is 0 Å². The Labute approximate surface area is 125 Å². The summed E-state index contributed by atoms with van der Waals surface area (Å²) in [5.74, 6) is 0. The van der Waals surface area contributed by atoms with Crippen molar-refractivity contribution in [3.63, 3.8) is 0 Å². The van der Waals surface area contributed by atoms with E-state index in [1.165, 1.54) is 0 Å². The number of thiazole rings is 1. The molecule has 0 saturated carbocycles. The zero-order valence-corrected chi connectivity index (χ0v) is 13.7. The first kappa shape index (κ1) is 16.9. The van der Waals surface area contributed by atoms with E-state index < -0.39 is 5.60 Å². The van der Waals surface area contributed by atoms with Crippen LogP contribution in [0, 0.1) is 0 Å². The van der Waals surface area contributed by atoms with Crippen LogP contribution in [0.4, 0.5) is 4.79 Å². The van der Waals surface area contributed by atoms with Crippen molar-refractivity contribution in [2.75, 3.05) is 6.54 Å². The fraction of sp³-hybridized carbons (Fsp3) is 0.714. The van der Waals surface area contributed by atoms with Crippen LogP contribution in [-0.4, -0.2) is 29.3 Å². The number of carbonyl (C=O) groups is 1. The summed E-state index contributed by atoms with van der Waals surface area (Å²) in [7, 11) is 0. The molecule has 20 heavy (non-hydrogen) atoms. The van der Waals surface area contributed by atoms with Gasteiger partial charge in [-0.2, -0.15) is 0 Å². The van der Waals surface area contributed by atoms with Gasteiger partial charge >= 0.3 is 6.09 Å². The smallest absolute Gasteiger partial charge is 0.407 e. The topological polar surface area (TPSA) is 63.2 Å². The Bertz CT molecular complexity index is 401. The van der Waals surface area contributed by atoms with Gasteiger partial charge in [0.15, 0.2) is 0 Å². The number of hydrogen-bond donors (Lipinski definition) is 2. The van der Waals surface area contributed by atoms with Crippen molar-refractivity contribution in [2.24, 2.45) is 0 Å². The predicted molar refractivity (Wildman–Crippen MR) is 82.0 cm³/mol. The molecular weight excluding hydrogens is 274 g/mol. The number of ether oxygens (including phenoxy) is 1. The third kappa shape index (κ3) is 6.34. The maximum Gasteiger partial charge on any atom is 0.407 e. The fourth-order valence-corrected chi connectivity index (χ4v) is 2.37. The molecule has 0 aliphatic heterocycles. The Kier molecular flexibility index (Phi) is 6.42. The van der Waals surface area contributed by atoms with Gasteiger partial charge in [-0.1, -0.05) is 6.92 Å². The van der Waals surface area contributed by atoms with Crippen molar-refractivity contribution in [3.8, 4) is 0 Å². The standard InChI is InChI=1S/C14H25N3O2S/c1-6-11(9-16-13(18)19-14(3,4)5)17-10(2)12-15-7-8-20-12/h7-8,10-11,17H,6,9H2,1-5H3,(H,16,18). The lowest BCUT2D eigenvalue weighted by Gasteiger charge is -2.23. The van der Waals surface area contributed by atoms with Crippen LogP contribution in [-0.2, 0) is 4.74 Å². The normalized spacial score (nSPS) is 14.7. The molecule has 5 nitrogen and oxygen atoms in total. The summed E-state index contributed by atoms with van der Waals surface area (Å²) in [5.41, 5.74) is -0.465. The van der Waals surface area contributed by atoms with Crippen LogP contribution in [0.25, 0.3) is 0 Å². The highest BCUT2D eigenvalue weighted by molar-refractivity contribution is 7.09. The van der Waals surface area contributed by atoms with Gasteiger partial charge in [0, 0.05) is 24.2 Å². The molecule has 2 N–H and O–H groups in total. The van der Waals surface area contributed by atoms with E-state index in [2.05, 4.69) is 29.5 Å². The number of aromatic nitrogens is 1. The molecule has 1 rings (SSSR count). The van der Waals surface area contributed by atoms with E-state index in [9.17, 15) is 4.79 Å². The van der Waals surface area contributed by atoms with Gasteiger partial charge in [-0.25, -0.2) is 9.78 Å². The largest absolute Gasteiger partial charge is 0.444 e. The van der Waals surface area contributed by atoms with Crippen LogP contribution in [0.5, 0.6) is 0 Å². The first-order valence-electron chi connectivity index (χ1n) is 6.94. The first-order valence-corrected chi connectivity index (χ1v) is 7.82. The number of hydrogen-bond acceptors (Lipinski definition) is 5. The molecule has 1 amide bonds. The highest BCUT2D eigenvalue weighted by Crippen LogP contribution is 2.15. The summed E-state index contributed by atoms with van der Waals surface area (Å²) in [6.07, 6.45) is 2.35. The molecule has 2 unspecified atom stereocenters. The van der Waals surface area contributed by atoms with E-state index in [4.69, 9.17) is 4.74 Å². The van der Waals surface area contributed by atoms with Gasteiger partial charge in [0.1, 0.15) is 10.6 Å². The highest BCUT2D eigenvalue weighted by atomic mass is 32.1. The second-order valence-electron chi connectivity index (χ2n) is 5.75. The quantitative estimate of drug-likeness (QED) is 0.847. The minimum Gasteiger partial charge on any atom is -0.444 e. The number of alkyl carbamates (subject to hydrolysis) is 1. The maximum absolute atomic E-state index is 11.6. The van der Waals surface area contributed by atoms with Crippen molar-refractivity contribution < 1.29 is 9.53 Å². The molecule has 1 heterocycles. The Balaban J connectivity index is 2.38. The zero-order valence-electron chi connectivity index (χ0n) is 12.9. The molecule has 114 valence electrons. The van der Waals surface area contributed by atoms with E-state index in [1.54, 1.807) is 17.5 Å². The molecule has 0 aliphatic rings. The Morgan fingerprint density at radius 1 is 1.50 bits per heavy atom. The summed E-state index contributed by atoms with van der Waals surface area (Å²) in [6.45, 7) is 10.3. The molecule has 0 saturated heterocycles. The molecule has 0 bridgehead atoms. The van der Waals surface area contributed by atoms with Gasteiger partial charge in [-0.3, -0.25) is 0 Å². The van der Waals surface area contributed by atoms with E-state index >= 15 is 0 Å². The molecule has 0 radical (unpaired) electrons. The van der Waals surface area contributed by atoms with Gasteiger partial charge in [-0.05, 0) is 34.1 Å². The summed E-state index contributed by atoms with van der Waals surface area (Å²) < 4.78 is 5.22. The average Bonchev–Trinajstić information content (AvgIpc) is 2.85. The molecule has 0 fully saturated rings. The third-order valence-corrected chi connectivity index (χ3v) is 3.65. The molecular formula is C14H25N3O2S. The maximum atomic E-state index is 11.6. The predicted octanol–water partition coefficient (Wildman–Crippen LogP) is 3.10. The van der Waals surface area contributed by atoms with Gasteiger partial charge < -0.3 is 15.4 Å². The Hall–Kier alpha value is -1.14. The number of rotatable bonds is 6. The van der Waals surface area contributed by atoms with Crippen LogP contribution >= 0.6 is 11.3 Å². The summed E-state index contributed by atoms with van der Waals surface area (Å²) >= 11 is 1.63. The highest BCUT2D eigenvalue weighted by Gasteiger charge is 2.18. The van der Waals surface area contributed by atoms with Crippen LogP contribution in [0.2, 0.25) is 0 Å². The van der Waals surface area contributed by atoms with Crippen molar-refractivity contribution in [1.29, 1.82) is 0 Å². The van der Waals surface area contributed by atoms with Crippen molar-refractivity contribution in [1.82, 2.24) is 15.6 Å². The molecule has 0 spiro atoms. The lowest BCUT2D eigenvalue weighted by atomic mass is 10.2. The summed E-state index contributed by atoms with van der Waals surface area (Å²) in [5, 5.41) is 9.29. The Morgan fingerprint density at radius 3 is 2.70 bits per heavy atom. The third-order valence-electron chi connectivity index (χ3n) is 2.69. The number of nitrogens with zero attached hydrogens (tertiary/aromatic N) is 1. The molecule has 1 aromatic heterocycles. The SMILES string of the molecule is CCC(CNC(=O)OC(C)(C)C)NC(C)c1nccs1. The monoisotopic (exact) mass is 299 g/mol. The molecule has 6 heteroatoms. The van der Waals surface area contributed by atoms with E-state index in [0.717, 1.165) is 11.4 Å². The lowest BCUT2D eigenvalue weighted by Crippen LogP contribution is -2.43. The second-order valence-corrected chi connectivity index (χ2v) is 6.67. The van der Waals surface area contributed by atoms with Crippen molar-refractivity contribution >= 4 is 17.4 Å². The van der Waals surface area contributed by atoms with Gasteiger partial charge in [0.05, 0.1) is 6.04 Å². The van der Waals surface area contributed by atoms with E-state index in [1.807, 2.05) is 26.2 Å². The van der Waals surface area contributed by atoms with Crippen LogP contribution in [0.1, 0.15) is 52.1 Å². The summed E-state index contributed by atoms with van der Waals surface area (Å²) in [4.78, 5) is 15.9. The first-order chi connectivity index (χ1) is 9.31. The van der Waals surface area contributed by atoms with E-state index in [-0.39, 0.29) is 18.2 Å². The van der Waals surface area contributed by atoms with Crippen molar-refractivity contribution in [2.45, 2.75) is 58.7 Å². The van der Waals surface area contributed by atoms with Gasteiger partial charge in [-0.15, -0.1) is 11.3 Å². The fourth-order valence-electron chi connectivity index (χ4n) is 1.71. The van der Waals surface area contributed by atoms with Crippen LogP contribution in [0.15, 0.2) is 11.6 Å². The minimum absolute atomic E-state index is 0.181. The van der Waals surface area contributed by atoms with Crippen molar-refractivity contribution in [3.05, 3.63) is 16.6 Å². The average molecular weight is 299 g/mol. The van der Waals surface area contributed by atoms with Crippen LogP contribution in [0.3, 0.4) is 0 Å². The molecule has 2 atom stereocenters. The number of carbonyl (C=O) groups excluding carboxylic acids is 1. The lowest BCUT2D eigenvalue weighted by molar-refractivity contribution is 0.0521. The van der Waals surface area contributed by atoms with E-state index in [0.29, 0.717) is 6.54 Å². The Morgan fingerprint density at radius 2 is 2.20 bits per heavy atom. The molecule has 1 aromatic rings. The summed E-state index contributed by atoms with van der Waals surface area (Å²) in [6, 6.07) is 0.377. The number of amides is 1. The molecule has 0 aromatic carbocycles. The number of nitrogens with one attached hydrogen (secondary N) is 2. The van der Waals surface area contributed by atoms with Gasteiger partial charge in [0.25, 0.3) is 0 Å². The molecule has 0 aliphatic carbocycles. The van der Waals surface area contributed by atoms with Crippen LogP contribution < -0.4 is 10.6 Å². The minimum atomic E-state index is -0.465.